The zero-order valence-electron chi connectivity index (χ0n) is 14.2. The summed E-state index contributed by atoms with van der Waals surface area (Å²) in [6, 6.07) is 11.2. The van der Waals surface area contributed by atoms with Crippen LogP contribution in [-0.2, 0) is 4.74 Å². The normalized spacial score (nSPS) is 17.4. The first-order valence-electron chi connectivity index (χ1n) is 8.09. The Kier molecular flexibility index (Phi) is 4.99. The summed E-state index contributed by atoms with van der Waals surface area (Å²) in [6.45, 7) is 1.19. The number of benzene rings is 2. The molecule has 25 heavy (non-hydrogen) atoms. The average Bonchev–Trinajstić information content (AvgIpc) is 2.63. The molecule has 0 N–H and O–H groups in total. The van der Waals surface area contributed by atoms with Crippen molar-refractivity contribution < 1.29 is 18.3 Å². The molecule has 0 aliphatic carbocycles. The molecule has 4 nitrogen and oxygen atoms in total. The second kappa shape index (κ2) is 7.19. The lowest BCUT2D eigenvalue weighted by Crippen LogP contribution is -2.42. The summed E-state index contributed by atoms with van der Waals surface area (Å²) >= 11 is 0. The van der Waals surface area contributed by atoms with Crippen LogP contribution in [0.15, 0.2) is 42.5 Å². The molecule has 6 heteroatoms. The van der Waals surface area contributed by atoms with E-state index in [1.54, 1.807) is 4.90 Å². The number of hydrogen-bond donors (Lipinski definition) is 0. The SMILES string of the molecule is CN(C)c1ccc(C2CN(C(=O)c3ccc(F)c(F)c3)CCO2)cc1. The van der Waals surface area contributed by atoms with Gasteiger partial charge in [-0.2, -0.15) is 0 Å². The van der Waals surface area contributed by atoms with Crippen LogP contribution in [0.1, 0.15) is 22.0 Å². The number of morpholine rings is 1. The lowest BCUT2D eigenvalue weighted by Gasteiger charge is -2.33. The second-order valence-electron chi connectivity index (χ2n) is 6.23. The van der Waals surface area contributed by atoms with Crippen molar-refractivity contribution in [2.75, 3.05) is 38.7 Å². The van der Waals surface area contributed by atoms with Crippen molar-refractivity contribution >= 4 is 11.6 Å². The van der Waals surface area contributed by atoms with Gasteiger partial charge in [-0.05, 0) is 35.9 Å². The molecule has 2 aromatic rings. The maximum atomic E-state index is 13.4. The van der Waals surface area contributed by atoms with E-state index >= 15 is 0 Å². The highest BCUT2D eigenvalue weighted by atomic mass is 19.2. The van der Waals surface area contributed by atoms with E-state index in [0.717, 1.165) is 23.4 Å². The van der Waals surface area contributed by atoms with Crippen molar-refractivity contribution in [3.63, 3.8) is 0 Å². The lowest BCUT2D eigenvalue weighted by molar-refractivity contribution is -0.0228. The Morgan fingerprint density at radius 1 is 1.12 bits per heavy atom. The van der Waals surface area contributed by atoms with E-state index in [9.17, 15) is 13.6 Å². The Balaban J connectivity index is 1.74. The van der Waals surface area contributed by atoms with Gasteiger partial charge < -0.3 is 14.5 Å². The Labute approximate surface area is 145 Å². The van der Waals surface area contributed by atoms with Crippen LogP contribution < -0.4 is 4.90 Å². The van der Waals surface area contributed by atoms with Gasteiger partial charge >= 0.3 is 0 Å². The molecule has 1 aliphatic heterocycles. The number of halogens is 2. The summed E-state index contributed by atoms with van der Waals surface area (Å²) in [7, 11) is 3.93. The number of amides is 1. The first kappa shape index (κ1) is 17.4. The summed E-state index contributed by atoms with van der Waals surface area (Å²) in [5, 5.41) is 0. The summed E-state index contributed by atoms with van der Waals surface area (Å²) in [4.78, 5) is 16.2. The smallest absolute Gasteiger partial charge is 0.254 e. The molecule has 3 rings (SSSR count). The third-order valence-corrected chi connectivity index (χ3v) is 4.30. The molecule has 0 spiro atoms. The van der Waals surface area contributed by atoms with E-state index in [4.69, 9.17) is 4.74 Å². The topological polar surface area (TPSA) is 32.8 Å². The van der Waals surface area contributed by atoms with E-state index in [1.165, 1.54) is 6.07 Å². The number of hydrogen-bond acceptors (Lipinski definition) is 3. The van der Waals surface area contributed by atoms with Crippen molar-refractivity contribution in [1.29, 1.82) is 0 Å². The molecule has 1 amide bonds. The van der Waals surface area contributed by atoms with Crippen LogP contribution in [0.25, 0.3) is 0 Å². The largest absolute Gasteiger partial charge is 0.378 e. The van der Waals surface area contributed by atoms with E-state index in [0.29, 0.717) is 19.7 Å². The van der Waals surface area contributed by atoms with Crippen LogP contribution in [0.4, 0.5) is 14.5 Å². The van der Waals surface area contributed by atoms with Gasteiger partial charge in [0.05, 0.1) is 13.2 Å². The quantitative estimate of drug-likeness (QED) is 0.855. The summed E-state index contributed by atoms with van der Waals surface area (Å²) in [5.41, 5.74) is 2.20. The number of anilines is 1. The molecule has 1 unspecified atom stereocenters. The average molecular weight is 346 g/mol. The summed E-state index contributed by atoms with van der Waals surface area (Å²) in [6.07, 6.45) is -0.237. The number of carbonyl (C=O) groups is 1. The summed E-state index contributed by atoms with van der Waals surface area (Å²) in [5.74, 6) is -2.30. The molecular formula is C19H20F2N2O2. The van der Waals surface area contributed by atoms with Crippen molar-refractivity contribution in [3.05, 3.63) is 65.2 Å². The van der Waals surface area contributed by atoms with Gasteiger partial charge in [-0.25, -0.2) is 8.78 Å². The monoisotopic (exact) mass is 346 g/mol. The third-order valence-electron chi connectivity index (χ3n) is 4.30. The molecule has 1 saturated heterocycles. The molecule has 1 atom stereocenters. The van der Waals surface area contributed by atoms with Crippen LogP contribution in [0.5, 0.6) is 0 Å². The molecule has 0 bridgehead atoms. The van der Waals surface area contributed by atoms with Crippen LogP contribution in [-0.4, -0.2) is 44.6 Å². The Bertz CT molecular complexity index is 763. The predicted molar refractivity (Wildman–Crippen MR) is 91.7 cm³/mol. The highest BCUT2D eigenvalue weighted by molar-refractivity contribution is 5.94. The van der Waals surface area contributed by atoms with Crippen LogP contribution in [0.2, 0.25) is 0 Å². The van der Waals surface area contributed by atoms with Gasteiger partial charge in [-0.3, -0.25) is 4.79 Å². The van der Waals surface area contributed by atoms with Gasteiger partial charge in [-0.1, -0.05) is 12.1 Å². The standard InChI is InChI=1S/C19H20F2N2O2/c1-22(2)15-6-3-13(4-7-15)18-12-23(9-10-25-18)19(24)14-5-8-16(20)17(21)11-14/h3-8,11,18H,9-10,12H2,1-2H3. The van der Waals surface area contributed by atoms with Crippen LogP contribution in [0.3, 0.4) is 0 Å². The van der Waals surface area contributed by atoms with Gasteiger partial charge in [0, 0.05) is 31.9 Å². The molecule has 0 saturated carbocycles. The van der Waals surface area contributed by atoms with Crippen molar-refractivity contribution in [3.8, 4) is 0 Å². The van der Waals surface area contributed by atoms with Crippen LogP contribution in [0, 0.1) is 11.6 Å². The minimum atomic E-state index is -1.02. The van der Waals surface area contributed by atoms with Gasteiger partial charge in [0.1, 0.15) is 6.10 Å². The molecule has 2 aromatic carbocycles. The highest BCUT2D eigenvalue weighted by Gasteiger charge is 2.26. The zero-order valence-corrected chi connectivity index (χ0v) is 14.2. The first-order valence-corrected chi connectivity index (χ1v) is 8.09. The molecule has 0 radical (unpaired) electrons. The first-order chi connectivity index (χ1) is 12.0. The van der Waals surface area contributed by atoms with E-state index in [2.05, 4.69) is 0 Å². The predicted octanol–water partition coefficient (Wildman–Crippen LogP) is 3.24. The zero-order chi connectivity index (χ0) is 18.0. The molecule has 1 fully saturated rings. The molecule has 132 valence electrons. The van der Waals surface area contributed by atoms with Gasteiger partial charge in [0.25, 0.3) is 5.91 Å². The molecule has 0 aromatic heterocycles. The fourth-order valence-electron chi connectivity index (χ4n) is 2.83. The van der Waals surface area contributed by atoms with E-state index < -0.39 is 11.6 Å². The maximum absolute atomic E-state index is 13.4. The van der Waals surface area contributed by atoms with Crippen molar-refractivity contribution in [2.45, 2.75) is 6.10 Å². The number of carbonyl (C=O) groups excluding carboxylic acids is 1. The fourth-order valence-corrected chi connectivity index (χ4v) is 2.83. The minimum Gasteiger partial charge on any atom is -0.378 e. The third kappa shape index (κ3) is 3.79. The Hall–Kier alpha value is -2.47. The Morgan fingerprint density at radius 3 is 2.48 bits per heavy atom. The van der Waals surface area contributed by atoms with Crippen LogP contribution >= 0.6 is 0 Å². The number of nitrogens with zero attached hydrogens (tertiary/aromatic N) is 2. The van der Waals surface area contributed by atoms with E-state index in [-0.39, 0.29) is 17.6 Å². The fraction of sp³-hybridized carbons (Fsp3) is 0.316. The number of rotatable bonds is 3. The Morgan fingerprint density at radius 2 is 1.84 bits per heavy atom. The van der Waals surface area contributed by atoms with Gasteiger partial charge in [0.2, 0.25) is 0 Å². The lowest BCUT2D eigenvalue weighted by atomic mass is 10.1. The summed E-state index contributed by atoms with van der Waals surface area (Å²) < 4.78 is 32.2. The molecule has 1 heterocycles. The highest BCUT2D eigenvalue weighted by Crippen LogP contribution is 2.25. The number of ether oxygens (including phenoxy) is 1. The van der Waals surface area contributed by atoms with Gasteiger partial charge in [0.15, 0.2) is 11.6 Å². The van der Waals surface area contributed by atoms with Crippen molar-refractivity contribution in [1.82, 2.24) is 4.90 Å². The molecule has 1 aliphatic rings. The van der Waals surface area contributed by atoms with Gasteiger partial charge in [-0.15, -0.1) is 0 Å². The van der Waals surface area contributed by atoms with E-state index in [1.807, 2.05) is 43.3 Å². The maximum Gasteiger partial charge on any atom is 0.254 e. The second-order valence-corrected chi connectivity index (χ2v) is 6.23. The van der Waals surface area contributed by atoms with Crippen molar-refractivity contribution in [2.24, 2.45) is 0 Å². The minimum absolute atomic E-state index is 0.141. The molecular weight excluding hydrogens is 326 g/mol.